The Kier molecular flexibility index (Phi) is 5.95. The number of pyridine rings is 1. The molecule has 6 nitrogen and oxygen atoms in total. The van der Waals surface area contributed by atoms with Gasteiger partial charge < -0.3 is 10.1 Å². The molecule has 0 aliphatic heterocycles. The van der Waals surface area contributed by atoms with Gasteiger partial charge in [0.05, 0.1) is 5.69 Å². The molecule has 0 saturated heterocycles. The van der Waals surface area contributed by atoms with Crippen LogP contribution in [0.5, 0.6) is 11.5 Å². The number of amides is 1. The Morgan fingerprint density at radius 3 is 2.52 bits per heavy atom. The van der Waals surface area contributed by atoms with Crippen molar-refractivity contribution in [3.8, 4) is 22.8 Å². The first-order chi connectivity index (χ1) is 15.0. The van der Waals surface area contributed by atoms with Crippen LogP contribution in [-0.4, -0.2) is 15.5 Å². The average molecular weight is 432 g/mol. The summed E-state index contributed by atoms with van der Waals surface area (Å²) in [6.45, 7) is 3.86. The van der Waals surface area contributed by atoms with E-state index in [1.54, 1.807) is 42.0 Å². The van der Waals surface area contributed by atoms with E-state index < -0.39 is 0 Å². The molecule has 0 bridgehead atoms. The van der Waals surface area contributed by atoms with E-state index in [-0.39, 0.29) is 17.3 Å². The highest BCUT2D eigenvalue weighted by Crippen LogP contribution is 2.27. The quantitative estimate of drug-likeness (QED) is 0.465. The molecule has 0 unspecified atom stereocenters. The van der Waals surface area contributed by atoms with Gasteiger partial charge in [0.2, 0.25) is 5.91 Å². The van der Waals surface area contributed by atoms with Crippen LogP contribution in [0.15, 0.2) is 77.2 Å². The molecule has 156 valence electrons. The summed E-state index contributed by atoms with van der Waals surface area (Å²) in [5.41, 5.74) is 4.30. The molecular formula is C24H21N3O3S. The fraction of sp³-hybridized carbons (Fsp3) is 0.125. The maximum Gasteiger partial charge on any atom is 0.308 e. The van der Waals surface area contributed by atoms with Gasteiger partial charge in [-0.05, 0) is 55.3 Å². The molecule has 0 fully saturated rings. The number of nitrogens with zero attached hydrogens (tertiary/aromatic N) is 2. The summed E-state index contributed by atoms with van der Waals surface area (Å²) in [6.07, 6.45) is 3.33. The van der Waals surface area contributed by atoms with E-state index in [1.165, 1.54) is 4.57 Å². The van der Waals surface area contributed by atoms with Crippen molar-refractivity contribution in [2.24, 2.45) is 0 Å². The number of aromatic nitrogens is 2. The highest BCUT2D eigenvalue weighted by Gasteiger charge is 2.13. The van der Waals surface area contributed by atoms with E-state index in [0.717, 1.165) is 33.7 Å². The second-order valence-electron chi connectivity index (χ2n) is 7.15. The molecular weight excluding hydrogens is 410 g/mol. The zero-order valence-electron chi connectivity index (χ0n) is 17.2. The third kappa shape index (κ3) is 4.90. The van der Waals surface area contributed by atoms with Crippen LogP contribution in [0, 0.1) is 13.8 Å². The fourth-order valence-electron chi connectivity index (χ4n) is 3.15. The third-order valence-corrected chi connectivity index (χ3v) is 5.53. The van der Waals surface area contributed by atoms with Gasteiger partial charge in [-0.1, -0.05) is 41.2 Å². The Balaban J connectivity index is 1.47. The van der Waals surface area contributed by atoms with E-state index in [1.807, 2.05) is 44.2 Å². The summed E-state index contributed by atoms with van der Waals surface area (Å²) in [6, 6.07) is 16.9. The van der Waals surface area contributed by atoms with Crippen LogP contribution in [0.3, 0.4) is 0 Å². The largest absolute Gasteiger partial charge is 0.457 e. The molecule has 31 heavy (non-hydrogen) atoms. The molecule has 7 heteroatoms. The lowest BCUT2D eigenvalue weighted by Gasteiger charge is -2.12. The van der Waals surface area contributed by atoms with Crippen LogP contribution in [0.2, 0.25) is 0 Å². The molecule has 2 aromatic heterocycles. The summed E-state index contributed by atoms with van der Waals surface area (Å²) in [5.74, 6) is 1.12. The highest BCUT2D eigenvalue weighted by molar-refractivity contribution is 7.07. The van der Waals surface area contributed by atoms with Crippen molar-refractivity contribution in [2.75, 3.05) is 5.32 Å². The summed E-state index contributed by atoms with van der Waals surface area (Å²) >= 11 is 1.09. The highest BCUT2D eigenvalue weighted by atomic mass is 32.1. The van der Waals surface area contributed by atoms with Gasteiger partial charge in [-0.3, -0.25) is 19.1 Å². The first-order valence-electron chi connectivity index (χ1n) is 9.73. The molecule has 0 saturated carbocycles. The molecule has 0 aliphatic carbocycles. The predicted octanol–water partition coefficient (Wildman–Crippen LogP) is 5.02. The van der Waals surface area contributed by atoms with Gasteiger partial charge in [-0.2, -0.15) is 0 Å². The van der Waals surface area contributed by atoms with Gasteiger partial charge in [-0.25, -0.2) is 0 Å². The van der Waals surface area contributed by atoms with Gasteiger partial charge >= 0.3 is 4.87 Å². The number of hydrogen-bond donors (Lipinski definition) is 1. The standard InChI is InChI=1S/C24H21N3O3S/c1-16-3-5-18(6-4-16)21-15-31-24(29)27(21)14-23(28)26-19-7-8-22(17(2)13-19)30-20-9-11-25-12-10-20/h3-13,15H,14H2,1-2H3,(H,26,28). The van der Waals surface area contributed by atoms with Gasteiger partial charge in [0.25, 0.3) is 0 Å². The Morgan fingerprint density at radius 1 is 1.06 bits per heavy atom. The van der Waals surface area contributed by atoms with Gasteiger partial charge in [0, 0.05) is 23.5 Å². The molecule has 1 amide bonds. The smallest absolute Gasteiger partial charge is 0.308 e. The molecule has 0 spiro atoms. The van der Waals surface area contributed by atoms with Crippen molar-refractivity contribution >= 4 is 22.9 Å². The Labute approximate surface area is 183 Å². The minimum absolute atomic E-state index is 0.0557. The van der Waals surface area contributed by atoms with E-state index in [9.17, 15) is 9.59 Å². The van der Waals surface area contributed by atoms with Gasteiger partial charge in [0.1, 0.15) is 18.0 Å². The number of rotatable bonds is 6. The number of benzene rings is 2. The number of carbonyl (C=O) groups is 1. The fourth-order valence-corrected chi connectivity index (χ4v) is 3.91. The lowest BCUT2D eigenvalue weighted by atomic mass is 10.1. The number of nitrogens with one attached hydrogen (secondary N) is 1. The summed E-state index contributed by atoms with van der Waals surface area (Å²) < 4.78 is 7.34. The molecule has 4 aromatic rings. The topological polar surface area (TPSA) is 73.2 Å². The molecule has 0 radical (unpaired) electrons. The lowest BCUT2D eigenvalue weighted by Crippen LogP contribution is -2.25. The van der Waals surface area contributed by atoms with E-state index >= 15 is 0 Å². The number of ether oxygens (including phenoxy) is 1. The minimum atomic E-state index is -0.268. The number of carbonyl (C=O) groups excluding carboxylic acids is 1. The maximum atomic E-state index is 12.7. The first kappa shape index (κ1) is 20.6. The molecule has 4 rings (SSSR count). The number of aryl methyl sites for hydroxylation is 2. The van der Waals surface area contributed by atoms with Crippen molar-refractivity contribution in [1.82, 2.24) is 9.55 Å². The predicted molar refractivity (Wildman–Crippen MR) is 123 cm³/mol. The second kappa shape index (κ2) is 8.97. The van der Waals surface area contributed by atoms with E-state index in [2.05, 4.69) is 10.3 Å². The number of anilines is 1. The summed E-state index contributed by atoms with van der Waals surface area (Å²) in [5, 5.41) is 4.65. The van der Waals surface area contributed by atoms with Crippen LogP contribution < -0.4 is 14.9 Å². The normalized spacial score (nSPS) is 10.6. The Bertz CT molecular complexity index is 1260. The SMILES string of the molecule is Cc1ccc(-c2csc(=O)n2CC(=O)Nc2ccc(Oc3ccncc3)c(C)c2)cc1. The zero-order chi connectivity index (χ0) is 21.8. The van der Waals surface area contributed by atoms with Crippen LogP contribution in [0.25, 0.3) is 11.3 Å². The Morgan fingerprint density at radius 2 is 1.81 bits per heavy atom. The maximum absolute atomic E-state index is 12.7. The van der Waals surface area contributed by atoms with Crippen molar-refractivity contribution < 1.29 is 9.53 Å². The summed E-state index contributed by atoms with van der Waals surface area (Å²) in [4.78, 5) is 28.8. The molecule has 2 heterocycles. The Hall–Kier alpha value is -3.71. The van der Waals surface area contributed by atoms with Crippen LogP contribution in [0.4, 0.5) is 5.69 Å². The molecule has 0 aliphatic rings. The third-order valence-electron chi connectivity index (χ3n) is 4.77. The average Bonchev–Trinajstić information content (AvgIpc) is 3.11. The lowest BCUT2D eigenvalue weighted by molar-refractivity contribution is -0.116. The van der Waals surface area contributed by atoms with Crippen molar-refractivity contribution in [3.63, 3.8) is 0 Å². The van der Waals surface area contributed by atoms with E-state index in [0.29, 0.717) is 17.2 Å². The van der Waals surface area contributed by atoms with Crippen molar-refractivity contribution in [3.05, 3.63) is 93.2 Å². The first-order valence-corrected chi connectivity index (χ1v) is 10.6. The number of thiazole rings is 1. The zero-order valence-corrected chi connectivity index (χ0v) is 18.0. The van der Waals surface area contributed by atoms with E-state index in [4.69, 9.17) is 4.74 Å². The number of hydrogen-bond acceptors (Lipinski definition) is 5. The second-order valence-corrected chi connectivity index (χ2v) is 7.97. The monoisotopic (exact) mass is 431 g/mol. The molecule has 0 atom stereocenters. The van der Waals surface area contributed by atoms with Crippen molar-refractivity contribution in [1.29, 1.82) is 0 Å². The molecule has 2 aromatic carbocycles. The minimum Gasteiger partial charge on any atom is -0.457 e. The van der Waals surface area contributed by atoms with Crippen LogP contribution >= 0.6 is 11.3 Å². The van der Waals surface area contributed by atoms with Gasteiger partial charge in [-0.15, -0.1) is 0 Å². The van der Waals surface area contributed by atoms with Gasteiger partial charge in [0.15, 0.2) is 0 Å². The summed E-state index contributed by atoms with van der Waals surface area (Å²) in [7, 11) is 0. The molecule has 1 N–H and O–H groups in total. The van der Waals surface area contributed by atoms with Crippen LogP contribution in [0.1, 0.15) is 11.1 Å². The van der Waals surface area contributed by atoms with Crippen LogP contribution in [-0.2, 0) is 11.3 Å². The van der Waals surface area contributed by atoms with Crippen molar-refractivity contribution in [2.45, 2.75) is 20.4 Å².